The van der Waals surface area contributed by atoms with Gasteiger partial charge in [0.1, 0.15) is 6.10 Å². The molecular formula is C16H24O2. The summed E-state index contributed by atoms with van der Waals surface area (Å²) in [4.78, 5) is 0. The van der Waals surface area contributed by atoms with E-state index < -0.39 is 6.10 Å². The molecule has 1 saturated carbocycles. The minimum absolute atomic E-state index is 0.159. The third-order valence-corrected chi connectivity index (χ3v) is 3.70. The van der Waals surface area contributed by atoms with E-state index in [-0.39, 0.29) is 5.41 Å². The molecule has 1 aliphatic carbocycles. The molecule has 0 radical (unpaired) electrons. The van der Waals surface area contributed by atoms with E-state index in [0.717, 1.165) is 18.4 Å². The maximum Gasteiger partial charge on any atom is 0.102 e. The smallest absolute Gasteiger partial charge is 0.102 e. The Labute approximate surface area is 110 Å². The van der Waals surface area contributed by atoms with Crippen LogP contribution in [0.25, 0.3) is 0 Å². The first-order chi connectivity index (χ1) is 8.47. The molecule has 100 valence electrons. The van der Waals surface area contributed by atoms with Crippen molar-refractivity contribution in [2.45, 2.75) is 57.7 Å². The first-order valence-electron chi connectivity index (χ1n) is 6.87. The highest BCUT2D eigenvalue weighted by atomic mass is 16.5. The molecule has 0 heterocycles. The molecule has 18 heavy (non-hydrogen) atoms. The second kappa shape index (κ2) is 5.41. The highest BCUT2D eigenvalue weighted by Gasteiger charge is 2.20. The van der Waals surface area contributed by atoms with E-state index >= 15 is 0 Å². The number of hydrogen-bond donors (Lipinski definition) is 1. The Kier molecular flexibility index (Phi) is 4.08. The molecule has 0 bridgehead atoms. The molecule has 1 atom stereocenters. The van der Waals surface area contributed by atoms with Crippen LogP contribution in [0.15, 0.2) is 24.3 Å². The standard InChI is InChI=1S/C16H24O2/c1-16(2,3)13-9-7-12(8-10-13)15(17)11-18-14-5-4-6-14/h7-10,14-15,17H,4-6,11H2,1-3H3. The molecule has 1 fully saturated rings. The fourth-order valence-corrected chi connectivity index (χ4v) is 2.07. The van der Waals surface area contributed by atoms with E-state index in [1.54, 1.807) is 0 Å². The molecule has 0 spiro atoms. The molecule has 2 nitrogen and oxygen atoms in total. The number of aliphatic hydroxyl groups excluding tert-OH is 1. The third kappa shape index (κ3) is 3.33. The largest absolute Gasteiger partial charge is 0.386 e. The summed E-state index contributed by atoms with van der Waals surface area (Å²) in [7, 11) is 0. The van der Waals surface area contributed by atoms with Gasteiger partial charge in [-0.2, -0.15) is 0 Å². The van der Waals surface area contributed by atoms with E-state index in [0.29, 0.717) is 12.7 Å². The minimum Gasteiger partial charge on any atom is -0.386 e. The lowest BCUT2D eigenvalue weighted by atomic mass is 9.86. The predicted octanol–water partition coefficient (Wildman–Crippen LogP) is 3.59. The Morgan fingerprint density at radius 2 is 1.83 bits per heavy atom. The second-order valence-electron chi connectivity index (χ2n) is 6.27. The molecule has 1 aromatic carbocycles. The first kappa shape index (κ1) is 13.6. The number of aliphatic hydroxyl groups is 1. The molecular weight excluding hydrogens is 224 g/mol. The zero-order chi connectivity index (χ0) is 13.2. The van der Waals surface area contributed by atoms with Crippen molar-refractivity contribution in [1.82, 2.24) is 0 Å². The fourth-order valence-electron chi connectivity index (χ4n) is 2.07. The van der Waals surface area contributed by atoms with E-state index in [4.69, 9.17) is 4.74 Å². The van der Waals surface area contributed by atoms with Crippen LogP contribution in [0.2, 0.25) is 0 Å². The van der Waals surface area contributed by atoms with Crippen molar-refractivity contribution in [1.29, 1.82) is 0 Å². The van der Waals surface area contributed by atoms with Crippen LogP contribution in [0.3, 0.4) is 0 Å². The average molecular weight is 248 g/mol. The molecule has 1 aliphatic rings. The fraction of sp³-hybridized carbons (Fsp3) is 0.625. The van der Waals surface area contributed by atoms with Gasteiger partial charge in [0.25, 0.3) is 0 Å². The van der Waals surface area contributed by atoms with E-state index in [9.17, 15) is 5.11 Å². The summed E-state index contributed by atoms with van der Waals surface area (Å²) < 4.78 is 5.64. The normalized spacial score (nSPS) is 18.4. The van der Waals surface area contributed by atoms with Crippen molar-refractivity contribution < 1.29 is 9.84 Å². The Balaban J connectivity index is 1.91. The number of ether oxygens (including phenoxy) is 1. The summed E-state index contributed by atoms with van der Waals surface area (Å²) in [6.07, 6.45) is 3.44. The molecule has 1 N–H and O–H groups in total. The van der Waals surface area contributed by atoms with E-state index in [2.05, 4.69) is 32.9 Å². The quantitative estimate of drug-likeness (QED) is 0.882. The van der Waals surface area contributed by atoms with Crippen LogP contribution in [-0.4, -0.2) is 17.8 Å². The van der Waals surface area contributed by atoms with Crippen molar-refractivity contribution in [3.05, 3.63) is 35.4 Å². The van der Waals surface area contributed by atoms with Gasteiger partial charge in [0.05, 0.1) is 12.7 Å². The third-order valence-electron chi connectivity index (χ3n) is 3.70. The summed E-state index contributed by atoms with van der Waals surface area (Å²) >= 11 is 0. The van der Waals surface area contributed by atoms with Crippen LogP contribution < -0.4 is 0 Å². The lowest BCUT2D eigenvalue weighted by Gasteiger charge is -2.27. The van der Waals surface area contributed by atoms with Gasteiger partial charge in [-0.05, 0) is 35.8 Å². The lowest BCUT2D eigenvalue weighted by molar-refractivity contribution is -0.0426. The monoisotopic (exact) mass is 248 g/mol. The highest BCUT2D eigenvalue weighted by molar-refractivity contribution is 5.28. The van der Waals surface area contributed by atoms with Gasteiger partial charge in [-0.3, -0.25) is 0 Å². The van der Waals surface area contributed by atoms with Gasteiger partial charge in [-0.1, -0.05) is 45.0 Å². The number of rotatable bonds is 4. The van der Waals surface area contributed by atoms with Crippen molar-refractivity contribution in [2.24, 2.45) is 0 Å². The van der Waals surface area contributed by atoms with E-state index in [1.165, 1.54) is 12.0 Å². The first-order valence-corrected chi connectivity index (χ1v) is 6.87. The van der Waals surface area contributed by atoms with Crippen LogP contribution in [0.5, 0.6) is 0 Å². The molecule has 2 rings (SSSR count). The van der Waals surface area contributed by atoms with Gasteiger partial charge in [0.2, 0.25) is 0 Å². The molecule has 1 unspecified atom stereocenters. The average Bonchev–Trinajstić information content (AvgIpc) is 2.26. The van der Waals surface area contributed by atoms with Crippen molar-refractivity contribution in [3.63, 3.8) is 0 Å². The minimum atomic E-state index is -0.500. The van der Waals surface area contributed by atoms with Crippen LogP contribution >= 0.6 is 0 Å². The zero-order valence-corrected chi connectivity index (χ0v) is 11.6. The van der Waals surface area contributed by atoms with E-state index in [1.807, 2.05) is 12.1 Å². The molecule has 1 aromatic rings. The predicted molar refractivity (Wildman–Crippen MR) is 73.7 cm³/mol. The molecule has 0 amide bonds. The molecule has 0 saturated heterocycles. The van der Waals surface area contributed by atoms with Crippen molar-refractivity contribution >= 4 is 0 Å². The summed E-state index contributed by atoms with van der Waals surface area (Å²) in [5.74, 6) is 0. The van der Waals surface area contributed by atoms with Gasteiger partial charge in [-0.25, -0.2) is 0 Å². The maximum atomic E-state index is 10.1. The number of benzene rings is 1. The maximum absolute atomic E-state index is 10.1. The summed E-state index contributed by atoms with van der Waals surface area (Å²) in [6, 6.07) is 8.22. The molecule has 0 aromatic heterocycles. The summed E-state index contributed by atoms with van der Waals surface area (Å²) in [6.45, 7) is 6.99. The van der Waals surface area contributed by atoms with Crippen LogP contribution in [0.1, 0.15) is 57.3 Å². The van der Waals surface area contributed by atoms with Crippen LogP contribution in [0, 0.1) is 0 Å². The molecule has 2 heteroatoms. The summed E-state index contributed by atoms with van der Waals surface area (Å²) in [5.41, 5.74) is 2.40. The Hall–Kier alpha value is -0.860. The Morgan fingerprint density at radius 1 is 1.22 bits per heavy atom. The van der Waals surface area contributed by atoms with Crippen LogP contribution in [-0.2, 0) is 10.2 Å². The molecule has 0 aliphatic heterocycles. The summed E-state index contributed by atoms with van der Waals surface area (Å²) in [5, 5.41) is 10.1. The Bertz CT molecular complexity index is 371. The van der Waals surface area contributed by atoms with Gasteiger partial charge >= 0.3 is 0 Å². The highest BCUT2D eigenvalue weighted by Crippen LogP contribution is 2.26. The van der Waals surface area contributed by atoms with Gasteiger partial charge < -0.3 is 9.84 Å². The number of hydrogen-bond acceptors (Lipinski definition) is 2. The zero-order valence-electron chi connectivity index (χ0n) is 11.6. The van der Waals surface area contributed by atoms with Gasteiger partial charge in [-0.15, -0.1) is 0 Å². The Morgan fingerprint density at radius 3 is 2.28 bits per heavy atom. The van der Waals surface area contributed by atoms with Crippen LogP contribution in [0.4, 0.5) is 0 Å². The lowest BCUT2D eigenvalue weighted by Crippen LogP contribution is -2.24. The van der Waals surface area contributed by atoms with Gasteiger partial charge in [0.15, 0.2) is 0 Å². The van der Waals surface area contributed by atoms with Crippen molar-refractivity contribution in [3.8, 4) is 0 Å². The van der Waals surface area contributed by atoms with Gasteiger partial charge in [0, 0.05) is 0 Å². The van der Waals surface area contributed by atoms with Crippen molar-refractivity contribution in [2.75, 3.05) is 6.61 Å². The second-order valence-corrected chi connectivity index (χ2v) is 6.27. The topological polar surface area (TPSA) is 29.5 Å². The SMILES string of the molecule is CC(C)(C)c1ccc(C(O)COC2CCC2)cc1.